The monoisotopic (exact) mass is 347 g/mol. The van der Waals surface area contributed by atoms with Gasteiger partial charge in [-0.1, -0.05) is 11.3 Å². The van der Waals surface area contributed by atoms with Gasteiger partial charge < -0.3 is 4.74 Å². The van der Waals surface area contributed by atoms with E-state index >= 15 is 0 Å². The second-order valence-electron chi connectivity index (χ2n) is 5.64. The largest absolute Gasteiger partial charge is 0.424 e. The van der Waals surface area contributed by atoms with Gasteiger partial charge in [-0.05, 0) is 48.9 Å². The minimum absolute atomic E-state index is 0.276. The van der Waals surface area contributed by atoms with E-state index in [0.717, 1.165) is 16.8 Å². The number of rotatable bonds is 4. The third kappa shape index (κ3) is 3.27. The molecule has 0 aliphatic rings. The zero-order chi connectivity index (χ0) is 17.9. The van der Waals surface area contributed by atoms with Crippen LogP contribution < -0.4 is 4.74 Å². The van der Waals surface area contributed by atoms with Crippen LogP contribution in [0.25, 0.3) is 16.9 Å². The van der Waals surface area contributed by atoms with Crippen molar-refractivity contribution >= 4 is 0 Å². The molecule has 0 saturated heterocycles. The first-order valence-corrected chi connectivity index (χ1v) is 7.93. The zero-order valence-electron chi connectivity index (χ0n) is 13.9. The topological polar surface area (TPSA) is 65.7 Å². The highest BCUT2D eigenvalue weighted by Gasteiger charge is 2.09. The molecule has 0 spiro atoms. The number of benzene rings is 2. The molecule has 0 aliphatic carbocycles. The number of ether oxygens (including phenoxy) is 1. The van der Waals surface area contributed by atoms with Gasteiger partial charge in [-0.15, -0.1) is 5.10 Å². The predicted molar refractivity (Wildman–Crippen MR) is 93.6 cm³/mol. The molecule has 2 aromatic heterocycles. The molecule has 0 N–H and O–H groups in total. The van der Waals surface area contributed by atoms with Gasteiger partial charge in [-0.3, -0.25) is 0 Å². The lowest BCUT2D eigenvalue weighted by Crippen LogP contribution is -1.98. The van der Waals surface area contributed by atoms with Gasteiger partial charge in [0.05, 0.1) is 11.9 Å². The Balaban J connectivity index is 1.64. The molecule has 7 heteroatoms. The van der Waals surface area contributed by atoms with Gasteiger partial charge in [-0.2, -0.15) is 0 Å². The van der Waals surface area contributed by atoms with Gasteiger partial charge in [0, 0.05) is 24.0 Å². The lowest BCUT2D eigenvalue weighted by molar-refractivity contribution is 0.438. The maximum atomic E-state index is 13.1. The second kappa shape index (κ2) is 6.72. The summed E-state index contributed by atoms with van der Waals surface area (Å²) in [5.41, 5.74) is 3.17. The molecule has 128 valence electrons. The molecule has 6 nitrogen and oxygen atoms in total. The van der Waals surface area contributed by atoms with Gasteiger partial charge >= 0.3 is 6.01 Å². The van der Waals surface area contributed by atoms with E-state index in [1.54, 1.807) is 41.5 Å². The van der Waals surface area contributed by atoms with Crippen molar-refractivity contribution in [2.45, 2.75) is 6.92 Å². The van der Waals surface area contributed by atoms with E-state index in [-0.39, 0.29) is 11.8 Å². The van der Waals surface area contributed by atoms with Crippen LogP contribution in [-0.4, -0.2) is 25.0 Å². The summed E-state index contributed by atoms with van der Waals surface area (Å²) in [6.07, 6.45) is 5.02. The van der Waals surface area contributed by atoms with E-state index in [9.17, 15) is 4.39 Å². The van der Waals surface area contributed by atoms with Crippen LogP contribution in [0.5, 0.6) is 11.8 Å². The third-order valence-electron chi connectivity index (χ3n) is 3.81. The number of hydrogen-bond acceptors (Lipinski definition) is 5. The fraction of sp³-hybridized carbons (Fsp3) is 0.0526. The normalized spacial score (nSPS) is 10.7. The van der Waals surface area contributed by atoms with Gasteiger partial charge in [0.15, 0.2) is 0 Å². The summed E-state index contributed by atoms with van der Waals surface area (Å²) in [6, 6.07) is 13.8. The third-order valence-corrected chi connectivity index (χ3v) is 3.81. The number of nitrogens with zero attached hydrogens (tertiary/aromatic N) is 5. The smallest absolute Gasteiger partial charge is 0.321 e. The maximum absolute atomic E-state index is 13.1. The molecule has 4 aromatic rings. The Morgan fingerprint density at radius 2 is 1.77 bits per heavy atom. The molecule has 4 rings (SSSR count). The van der Waals surface area contributed by atoms with Crippen LogP contribution in [-0.2, 0) is 0 Å². The first-order valence-electron chi connectivity index (χ1n) is 7.93. The van der Waals surface area contributed by atoms with Crippen LogP contribution in [0.3, 0.4) is 0 Å². The standard InChI is InChI=1S/C19H14FN5O/c1-13-3-8-16(11-18(13)26-19-21-9-2-10-22-19)25-12-17(23-24-25)14-4-6-15(20)7-5-14/h2-12H,1H3. The van der Waals surface area contributed by atoms with Crippen LogP contribution in [0.1, 0.15) is 5.56 Å². The number of aryl methyl sites for hydroxylation is 1. The Labute approximate surface area is 148 Å². The lowest BCUT2D eigenvalue weighted by Gasteiger charge is -2.08. The molecule has 0 aliphatic heterocycles. The minimum Gasteiger partial charge on any atom is -0.424 e. The molecule has 0 saturated carbocycles. The summed E-state index contributed by atoms with van der Waals surface area (Å²) < 4.78 is 20.5. The lowest BCUT2D eigenvalue weighted by atomic mass is 10.1. The quantitative estimate of drug-likeness (QED) is 0.559. The molecule has 2 heterocycles. The molecule has 2 aromatic carbocycles. The molecule has 0 radical (unpaired) electrons. The molecule has 26 heavy (non-hydrogen) atoms. The minimum atomic E-state index is -0.287. The molecular formula is C19H14FN5O. The van der Waals surface area contributed by atoms with E-state index < -0.39 is 0 Å². The second-order valence-corrected chi connectivity index (χ2v) is 5.64. The molecular weight excluding hydrogens is 333 g/mol. The van der Waals surface area contributed by atoms with E-state index in [0.29, 0.717) is 11.4 Å². The Kier molecular flexibility index (Phi) is 4.10. The van der Waals surface area contributed by atoms with Crippen LogP contribution in [0.2, 0.25) is 0 Å². The summed E-state index contributed by atoms with van der Waals surface area (Å²) in [5.74, 6) is 0.345. The Morgan fingerprint density at radius 1 is 1.00 bits per heavy atom. The highest BCUT2D eigenvalue weighted by molar-refractivity contribution is 5.58. The van der Waals surface area contributed by atoms with Gasteiger partial charge in [0.25, 0.3) is 0 Å². The van der Waals surface area contributed by atoms with Gasteiger partial charge in [0.1, 0.15) is 17.3 Å². The molecule has 0 fully saturated rings. The summed E-state index contributed by atoms with van der Waals surface area (Å²) in [6.45, 7) is 1.94. The highest BCUT2D eigenvalue weighted by atomic mass is 19.1. The molecule has 0 unspecified atom stereocenters. The van der Waals surface area contributed by atoms with Crippen molar-refractivity contribution in [1.82, 2.24) is 25.0 Å². The van der Waals surface area contributed by atoms with Crippen LogP contribution in [0, 0.1) is 12.7 Å². The van der Waals surface area contributed by atoms with Gasteiger partial charge in [0.2, 0.25) is 0 Å². The summed E-state index contributed by atoms with van der Waals surface area (Å²) in [5, 5.41) is 8.30. The van der Waals surface area contributed by atoms with Crippen molar-refractivity contribution in [3.63, 3.8) is 0 Å². The number of aromatic nitrogens is 5. The SMILES string of the molecule is Cc1ccc(-n2cc(-c3ccc(F)cc3)nn2)cc1Oc1ncccn1. The highest BCUT2D eigenvalue weighted by Crippen LogP contribution is 2.26. The summed E-state index contributed by atoms with van der Waals surface area (Å²) in [7, 11) is 0. The number of hydrogen-bond donors (Lipinski definition) is 0. The first kappa shape index (κ1) is 15.9. The fourth-order valence-electron chi connectivity index (χ4n) is 2.42. The Bertz CT molecular complexity index is 1030. The maximum Gasteiger partial charge on any atom is 0.321 e. The number of halogens is 1. The average Bonchev–Trinajstić information content (AvgIpc) is 3.15. The van der Waals surface area contributed by atoms with Gasteiger partial charge in [-0.25, -0.2) is 19.0 Å². The molecule has 0 bridgehead atoms. The summed E-state index contributed by atoms with van der Waals surface area (Å²) in [4.78, 5) is 8.14. The van der Waals surface area contributed by atoms with E-state index in [1.165, 1.54) is 12.1 Å². The Morgan fingerprint density at radius 3 is 2.54 bits per heavy atom. The van der Waals surface area contributed by atoms with Crippen molar-refractivity contribution in [3.8, 4) is 28.7 Å². The van der Waals surface area contributed by atoms with Crippen molar-refractivity contribution in [2.24, 2.45) is 0 Å². The molecule has 0 amide bonds. The summed E-state index contributed by atoms with van der Waals surface area (Å²) >= 11 is 0. The van der Waals surface area contributed by atoms with Crippen molar-refractivity contribution in [3.05, 3.63) is 78.5 Å². The molecule has 0 atom stereocenters. The van der Waals surface area contributed by atoms with Crippen LogP contribution >= 0.6 is 0 Å². The average molecular weight is 347 g/mol. The first-order chi connectivity index (χ1) is 12.7. The predicted octanol–water partition coefficient (Wildman–Crippen LogP) is 3.96. The van der Waals surface area contributed by atoms with Crippen molar-refractivity contribution in [2.75, 3.05) is 0 Å². The van der Waals surface area contributed by atoms with E-state index in [1.807, 2.05) is 25.1 Å². The fourth-order valence-corrected chi connectivity index (χ4v) is 2.42. The van der Waals surface area contributed by atoms with Crippen molar-refractivity contribution in [1.29, 1.82) is 0 Å². The zero-order valence-corrected chi connectivity index (χ0v) is 13.9. The van der Waals surface area contributed by atoms with E-state index in [2.05, 4.69) is 20.3 Å². The van der Waals surface area contributed by atoms with E-state index in [4.69, 9.17) is 4.74 Å². The Hall–Kier alpha value is -3.61. The van der Waals surface area contributed by atoms with Crippen molar-refractivity contribution < 1.29 is 9.13 Å². The van der Waals surface area contributed by atoms with Crippen LogP contribution in [0.15, 0.2) is 67.1 Å². The van der Waals surface area contributed by atoms with Crippen LogP contribution in [0.4, 0.5) is 4.39 Å².